The summed E-state index contributed by atoms with van der Waals surface area (Å²) in [5.74, 6) is 0.0432. The van der Waals surface area contributed by atoms with Crippen molar-refractivity contribution in [3.63, 3.8) is 0 Å². The fraction of sp³-hybridized carbons (Fsp3) is 0.150. The predicted octanol–water partition coefficient (Wildman–Crippen LogP) is 3.19. The molecule has 4 aromatic rings. The Morgan fingerprint density at radius 3 is 2.96 bits per heavy atom. The number of rotatable bonds is 5. The van der Waals surface area contributed by atoms with Crippen LogP contribution in [0.3, 0.4) is 0 Å². The number of nitrogens with one attached hydrogen (secondary N) is 1. The molecule has 1 N–H and O–H groups in total. The van der Waals surface area contributed by atoms with Gasteiger partial charge in [0.2, 0.25) is 0 Å². The first-order chi connectivity index (χ1) is 13.5. The highest BCUT2D eigenvalue weighted by molar-refractivity contribution is 7.09. The summed E-state index contributed by atoms with van der Waals surface area (Å²) in [6.45, 7) is 0.323. The first kappa shape index (κ1) is 18.0. The predicted molar refractivity (Wildman–Crippen MR) is 107 cm³/mol. The standard InChI is InChI=1S/C20H17N3O4S/c1-23-16-7-6-12(9-17(16)27-20(23)25)15-11-28-18(22-15)10-21-19(24)13-4-3-5-14(8-13)26-2/h3-9,11H,10H2,1-2H3,(H,21,24). The zero-order chi connectivity index (χ0) is 19.7. The Morgan fingerprint density at radius 2 is 2.14 bits per heavy atom. The van der Waals surface area contributed by atoms with E-state index in [4.69, 9.17) is 9.15 Å². The van der Waals surface area contributed by atoms with E-state index in [0.29, 0.717) is 23.4 Å². The summed E-state index contributed by atoms with van der Waals surface area (Å²) < 4.78 is 11.8. The van der Waals surface area contributed by atoms with Crippen molar-refractivity contribution in [1.82, 2.24) is 14.9 Å². The number of carbonyl (C=O) groups is 1. The molecular weight excluding hydrogens is 378 g/mol. The SMILES string of the molecule is COc1cccc(C(=O)NCc2nc(-c3ccc4c(c3)oc(=O)n4C)cs2)c1. The fourth-order valence-corrected chi connectivity index (χ4v) is 3.58. The van der Waals surface area contributed by atoms with Gasteiger partial charge < -0.3 is 14.5 Å². The van der Waals surface area contributed by atoms with Gasteiger partial charge in [0.05, 0.1) is 24.9 Å². The first-order valence-electron chi connectivity index (χ1n) is 8.52. The molecule has 0 aliphatic carbocycles. The van der Waals surface area contributed by atoms with Crippen LogP contribution >= 0.6 is 11.3 Å². The van der Waals surface area contributed by atoms with E-state index in [0.717, 1.165) is 21.8 Å². The molecule has 4 rings (SSSR count). The third-order valence-corrected chi connectivity index (χ3v) is 5.22. The highest BCUT2D eigenvalue weighted by Gasteiger charge is 2.11. The lowest BCUT2D eigenvalue weighted by Crippen LogP contribution is -2.22. The van der Waals surface area contributed by atoms with Gasteiger partial charge in [-0.3, -0.25) is 9.36 Å². The molecule has 0 atom stereocenters. The molecular formula is C20H17N3O4S. The van der Waals surface area contributed by atoms with Crippen molar-refractivity contribution in [2.24, 2.45) is 7.05 Å². The van der Waals surface area contributed by atoms with Crippen molar-refractivity contribution < 1.29 is 13.9 Å². The van der Waals surface area contributed by atoms with Gasteiger partial charge >= 0.3 is 5.76 Å². The molecule has 7 nitrogen and oxygen atoms in total. The number of thiazole rings is 1. The zero-order valence-corrected chi connectivity index (χ0v) is 16.1. The molecule has 0 aliphatic rings. The molecule has 0 fully saturated rings. The van der Waals surface area contributed by atoms with Crippen LogP contribution in [0.5, 0.6) is 5.75 Å². The van der Waals surface area contributed by atoms with Gasteiger partial charge in [0.1, 0.15) is 10.8 Å². The highest BCUT2D eigenvalue weighted by Crippen LogP contribution is 2.25. The molecule has 2 heterocycles. The van der Waals surface area contributed by atoms with Crippen LogP contribution in [0.4, 0.5) is 0 Å². The molecule has 142 valence electrons. The summed E-state index contributed by atoms with van der Waals surface area (Å²) in [6, 6.07) is 12.5. The third kappa shape index (κ3) is 3.41. The lowest BCUT2D eigenvalue weighted by molar-refractivity contribution is 0.0950. The summed E-state index contributed by atoms with van der Waals surface area (Å²) in [5, 5.41) is 5.55. The monoisotopic (exact) mass is 395 g/mol. The summed E-state index contributed by atoms with van der Waals surface area (Å²) in [7, 11) is 3.23. The van der Waals surface area contributed by atoms with Gasteiger partial charge in [-0.2, -0.15) is 0 Å². The van der Waals surface area contributed by atoms with Crippen LogP contribution in [0.1, 0.15) is 15.4 Å². The van der Waals surface area contributed by atoms with Gasteiger partial charge in [-0.15, -0.1) is 11.3 Å². The zero-order valence-electron chi connectivity index (χ0n) is 15.3. The molecule has 0 unspecified atom stereocenters. The largest absolute Gasteiger partial charge is 0.497 e. The van der Waals surface area contributed by atoms with Crippen LogP contribution in [0.25, 0.3) is 22.4 Å². The number of ether oxygens (including phenoxy) is 1. The van der Waals surface area contributed by atoms with E-state index < -0.39 is 5.76 Å². The Bertz CT molecular complexity index is 1220. The van der Waals surface area contributed by atoms with E-state index in [1.165, 1.54) is 15.9 Å². The van der Waals surface area contributed by atoms with Crippen molar-refractivity contribution in [3.05, 3.63) is 69.0 Å². The average molecular weight is 395 g/mol. The van der Waals surface area contributed by atoms with Gasteiger partial charge in [0.25, 0.3) is 5.91 Å². The van der Waals surface area contributed by atoms with E-state index in [-0.39, 0.29) is 5.91 Å². The number of oxazole rings is 1. The molecule has 0 radical (unpaired) electrons. The maximum absolute atomic E-state index is 12.3. The Labute approximate surface area is 164 Å². The number of hydrogen-bond acceptors (Lipinski definition) is 6. The summed E-state index contributed by atoms with van der Waals surface area (Å²) in [6.07, 6.45) is 0. The van der Waals surface area contributed by atoms with Crippen molar-refractivity contribution in [3.8, 4) is 17.0 Å². The third-order valence-electron chi connectivity index (χ3n) is 4.37. The molecule has 0 bridgehead atoms. The number of aromatic nitrogens is 2. The summed E-state index contributed by atoms with van der Waals surface area (Å²) in [5.41, 5.74) is 3.40. The van der Waals surface area contributed by atoms with E-state index >= 15 is 0 Å². The number of carbonyl (C=O) groups excluding carboxylic acids is 1. The Balaban J connectivity index is 1.48. The van der Waals surface area contributed by atoms with E-state index in [2.05, 4.69) is 10.3 Å². The number of fused-ring (bicyclic) bond motifs is 1. The van der Waals surface area contributed by atoms with Gasteiger partial charge in [0, 0.05) is 23.6 Å². The molecule has 0 spiro atoms. The van der Waals surface area contributed by atoms with E-state index in [9.17, 15) is 9.59 Å². The molecule has 1 amide bonds. The van der Waals surface area contributed by atoms with Crippen LogP contribution in [0, 0.1) is 0 Å². The maximum Gasteiger partial charge on any atom is 0.419 e. The van der Waals surface area contributed by atoms with E-state index in [1.807, 2.05) is 17.5 Å². The first-order valence-corrected chi connectivity index (χ1v) is 9.40. The Kier molecular flexibility index (Phi) is 4.70. The molecule has 0 saturated heterocycles. The smallest absolute Gasteiger partial charge is 0.419 e. The lowest BCUT2D eigenvalue weighted by atomic mass is 10.1. The normalized spacial score (nSPS) is 10.9. The quantitative estimate of drug-likeness (QED) is 0.561. The highest BCUT2D eigenvalue weighted by atomic mass is 32.1. The van der Waals surface area contributed by atoms with Crippen molar-refractivity contribution in [1.29, 1.82) is 0 Å². The van der Waals surface area contributed by atoms with E-state index in [1.54, 1.807) is 44.5 Å². The number of benzene rings is 2. The Morgan fingerprint density at radius 1 is 1.29 bits per heavy atom. The molecule has 0 aliphatic heterocycles. The van der Waals surface area contributed by atoms with Crippen molar-refractivity contribution >= 4 is 28.3 Å². The number of nitrogens with zero attached hydrogens (tertiary/aromatic N) is 2. The van der Waals surface area contributed by atoms with Crippen molar-refractivity contribution in [2.45, 2.75) is 6.54 Å². The minimum absolute atomic E-state index is 0.192. The summed E-state index contributed by atoms with van der Waals surface area (Å²) >= 11 is 1.45. The van der Waals surface area contributed by atoms with Crippen molar-refractivity contribution in [2.75, 3.05) is 7.11 Å². The maximum atomic E-state index is 12.3. The topological polar surface area (TPSA) is 86.4 Å². The second kappa shape index (κ2) is 7.32. The molecule has 2 aromatic heterocycles. The molecule has 2 aromatic carbocycles. The van der Waals surface area contributed by atoms with Crippen LogP contribution in [0.2, 0.25) is 0 Å². The van der Waals surface area contributed by atoms with Crippen LogP contribution < -0.4 is 15.8 Å². The number of methoxy groups -OCH3 is 1. The second-order valence-corrected chi connectivity index (χ2v) is 7.09. The molecule has 28 heavy (non-hydrogen) atoms. The fourth-order valence-electron chi connectivity index (χ4n) is 2.84. The lowest BCUT2D eigenvalue weighted by Gasteiger charge is -2.05. The van der Waals surface area contributed by atoms with Crippen LogP contribution in [0.15, 0.2) is 57.1 Å². The second-order valence-electron chi connectivity index (χ2n) is 6.15. The van der Waals surface area contributed by atoms with Gasteiger partial charge in [-0.05, 0) is 30.3 Å². The Hall–Kier alpha value is -3.39. The minimum Gasteiger partial charge on any atom is -0.497 e. The average Bonchev–Trinajstić information content (AvgIpc) is 3.30. The minimum atomic E-state index is -0.397. The number of hydrogen-bond donors (Lipinski definition) is 1. The summed E-state index contributed by atoms with van der Waals surface area (Å²) in [4.78, 5) is 28.5. The van der Waals surface area contributed by atoms with Gasteiger partial charge in [-0.1, -0.05) is 12.1 Å². The molecule has 0 saturated carbocycles. The number of aryl methyl sites for hydroxylation is 1. The van der Waals surface area contributed by atoms with Crippen LogP contribution in [-0.4, -0.2) is 22.6 Å². The van der Waals surface area contributed by atoms with Gasteiger partial charge in [-0.25, -0.2) is 9.78 Å². The number of amides is 1. The molecule has 8 heteroatoms. The van der Waals surface area contributed by atoms with Gasteiger partial charge in [0.15, 0.2) is 5.58 Å². The van der Waals surface area contributed by atoms with Crippen LogP contribution in [-0.2, 0) is 13.6 Å².